The molecule has 1 unspecified atom stereocenters. The van der Waals surface area contributed by atoms with Crippen molar-refractivity contribution in [1.29, 1.82) is 0 Å². The smallest absolute Gasteiger partial charge is 0.0701 e. The predicted octanol–water partition coefficient (Wildman–Crippen LogP) is 2.10. The molecular weight excluding hydrogens is 226 g/mol. The summed E-state index contributed by atoms with van der Waals surface area (Å²) in [7, 11) is 3.67. The lowest BCUT2D eigenvalue weighted by Gasteiger charge is -2.18. The first-order valence-electron chi connectivity index (χ1n) is 6.47. The fraction of sp³-hybridized carbons (Fsp3) is 0.600. The molecule has 0 radical (unpaired) electrons. The van der Waals surface area contributed by atoms with Crippen LogP contribution in [0.3, 0.4) is 0 Å². The van der Waals surface area contributed by atoms with Crippen LogP contribution in [0.15, 0.2) is 18.2 Å². The van der Waals surface area contributed by atoms with Crippen LogP contribution in [0.25, 0.3) is 0 Å². The van der Waals surface area contributed by atoms with E-state index >= 15 is 0 Å². The van der Waals surface area contributed by atoms with E-state index in [-0.39, 0.29) is 0 Å². The maximum Gasteiger partial charge on any atom is 0.0701 e. The van der Waals surface area contributed by atoms with Gasteiger partial charge in [0.1, 0.15) is 0 Å². The maximum absolute atomic E-state index is 5.58. The Kier molecular flexibility index (Phi) is 6.94. The van der Waals surface area contributed by atoms with E-state index < -0.39 is 0 Å². The molecule has 0 aliphatic rings. The third kappa shape index (κ3) is 5.17. The van der Waals surface area contributed by atoms with E-state index in [9.17, 15) is 0 Å². The molecule has 0 saturated carbocycles. The van der Waals surface area contributed by atoms with E-state index in [1.807, 2.05) is 7.05 Å². The molecule has 1 N–H and O–H groups in total. The standard InChI is InChI=1S/C15H25NO2/c1-12-5-6-13(2)14(9-12)10-15(16-3)11-18-8-7-17-4/h5-6,9,15-16H,7-8,10-11H2,1-4H3. The third-order valence-corrected chi connectivity index (χ3v) is 3.13. The van der Waals surface area contributed by atoms with Gasteiger partial charge in [-0.3, -0.25) is 0 Å². The van der Waals surface area contributed by atoms with E-state index in [0.717, 1.165) is 6.42 Å². The van der Waals surface area contributed by atoms with Crippen molar-refractivity contribution >= 4 is 0 Å². The van der Waals surface area contributed by atoms with E-state index in [4.69, 9.17) is 9.47 Å². The second-order valence-electron chi connectivity index (χ2n) is 4.69. The van der Waals surface area contributed by atoms with Gasteiger partial charge < -0.3 is 14.8 Å². The molecular formula is C15H25NO2. The summed E-state index contributed by atoms with van der Waals surface area (Å²) in [6, 6.07) is 6.95. The Bertz CT molecular complexity index is 352. The third-order valence-electron chi connectivity index (χ3n) is 3.13. The number of aryl methyl sites for hydroxylation is 2. The first kappa shape index (κ1) is 15.2. The van der Waals surface area contributed by atoms with E-state index in [2.05, 4.69) is 37.4 Å². The highest BCUT2D eigenvalue weighted by molar-refractivity contribution is 5.31. The molecule has 102 valence electrons. The molecule has 1 aromatic carbocycles. The highest BCUT2D eigenvalue weighted by Crippen LogP contribution is 2.13. The molecule has 1 aromatic rings. The van der Waals surface area contributed by atoms with Crippen LogP contribution < -0.4 is 5.32 Å². The van der Waals surface area contributed by atoms with Crippen molar-refractivity contribution in [2.24, 2.45) is 0 Å². The second-order valence-corrected chi connectivity index (χ2v) is 4.69. The summed E-state index contributed by atoms with van der Waals surface area (Å²) < 4.78 is 10.5. The molecule has 0 bridgehead atoms. The van der Waals surface area contributed by atoms with Crippen molar-refractivity contribution in [3.63, 3.8) is 0 Å². The van der Waals surface area contributed by atoms with Gasteiger partial charge in [-0.1, -0.05) is 23.8 Å². The molecule has 0 aromatic heterocycles. The summed E-state index contributed by atoms with van der Waals surface area (Å²) in [5.41, 5.74) is 4.05. The topological polar surface area (TPSA) is 30.5 Å². The van der Waals surface area contributed by atoms with Crippen molar-refractivity contribution in [2.45, 2.75) is 26.3 Å². The summed E-state index contributed by atoms with van der Waals surface area (Å²) in [5, 5.41) is 3.31. The van der Waals surface area contributed by atoms with Crippen molar-refractivity contribution < 1.29 is 9.47 Å². The van der Waals surface area contributed by atoms with Crippen LogP contribution in [0.4, 0.5) is 0 Å². The Morgan fingerprint density at radius 1 is 1.22 bits per heavy atom. The van der Waals surface area contributed by atoms with Crippen LogP contribution >= 0.6 is 0 Å². The number of methoxy groups -OCH3 is 1. The number of likely N-dealkylation sites (N-methyl/N-ethyl adjacent to an activating group) is 1. The van der Waals surface area contributed by atoms with Crippen molar-refractivity contribution in [3.8, 4) is 0 Å². The molecule has 0 fully saturated rings. The first-order valence-corrected chi connectivity index (χ1v) is 6.47. The summed E-state index contributed by atoms with van der Waals surface area (Å²) >= 11 is 0. The molecule has 3 heteroatoms. The maximum atomic E-state index is 5.58. The van der Waals surface area contributed by atoms with Gasteiger partial charge in [0.15, 0.2) is 0 Å². The van der Waals surface area contributed by atoms with Gasteiger partial charge in [-0.05, 0) is 38.4 Å². The summed E-state index contributed by atoms with van der Waals surface area (Å²) in [5.74, 6) is 0. The molecule has 0 aliphatic carbocycles. The number of rotatable bonds is 8. The van der Waals surface area contributed by atoms with Crippen LogP contribution in [0.5, 0.6) is 0 Å². The number of hydrogen-bond acceptors (Lipinski definition) is 3. The highest BCUT2D eigenvalue weighted by atomic mass is 16.5. The van der Waals surface area contributed by atoms with Crippen molar-refractivity contribution in [1.82, 2.24) is 5.32 Å². The van der Waals surface area contributed by atoms with Crippen LogP contribution in [0, 0.1) is 13.8 Å². The van der Waals surface area contributed by atoms with E-state index in [0.29, 0.717) is 25.9 Å². The van der Waals surface area contributed by atoms with Gasteiger partial charge in [0.25, 0.3) is 0 Å². The molecule has 1 rings (SSSR count). The second kappa shape index (κ2) is 8.25. The predicted molar refractivity (Wildman–Crippen MR) is 75.2 cm³/mol. The number of nitrogens with one attached hydrogen (secondary N) is 1. The summed E-state index contributed by atoms with van der Waals surface area (Å²) in [6.45, 7) is 6.31. The van der Waals surface area contributed by atoms with Crippen LogP contribution in [-0.2, 0) is 15.9 Å². The lowest BCUT2D eigenvalue weighted by Crippen LogP contribution is -2.33. The van der Waals surface area contributed by atoms with Gasteiger partial charge in [0.05, 0.1) is 19.8 Å². The number of ether oxygens (including phenoxy) is 2. The first-order chi connectivity index (χ1) is 8.67. The normalized spacial score (nSPS) is 12.7. The lowest BCUT2D eigenvalue weighted by atomic mass is 9.99. The molecule has 0 spiro atoms. The Morgan fingerprint density at radius 3 is 2.67 bits per heavy atom. The monoisotopic (exact) mass is 251 g/mol. The van der Waals surface area contributed by atoms with Gasteiger partial charge in [0, 0.05) is 13.2 Å². The fourth-order valence-electron chi connectivity index (χ4n) is 1.90. The number of hydrogen-bond donors (Lipinski definition) is 1. The van der Waals surface area contributed by atoms with Gasteiger partial charge in [-0.25, -0.2) is 0 Å². The van der Waals surface area contributed by atoms with Crippen molar-refractivity contribution in [2.75, 3.05) is 34.0 Å². The van der Waals surface area contributed by atoms with Crippen LogP contribution in [0.2, 0.25) is 0 Å². The molecule has 3 nitrogen and oxygen atoms in total. The van der Waals surface area contributed by atoms with E-state index in [1.54, 1.807) is 7.11 Å². The van der Waals surface area contributed by atoms with Gasteiger partial charge in [-0.15, -0.1) is 0 Å². The van der Waals surface area contributed by atoms with Crippen molar-refractivity contribution in [3.05, 3.63) is 34.9 Å². The SMILES string of the molecule is CNC(COCCOC)Cc1cc(C)ccc1C. The Morgan fingerprint density at radius 2 is 2.00 bits per heavy atom. The molecule has 0 amide bonds. The minimum Gasteiger partial charge on any atom is -0.382 e. The van der Waals surface area contributed by atoms with Gasteiger partial charge in [0.2, 0.25) is 0 Å². The van der Waals surface area contributed by atoms with Crippen LogP contribution in [-0.4, -0.2) is 40.0 Å². The zero-order chi connectivity index (χ0) is 13.4. The molecule has 18 heavy (non-hydrogen) atoms. The molecule has 1 atom stereocenters. The fourth-order valence-corrected chi connectivity index (χ4v) is 1.90. The molecule has 0 saturated heterocycles. The Hall–Kier alpha value is -0.900. The zero-order valence-corrected chi connectivity index (χ0v) is 12.0. The minimum absolute atomic E-state index is 0.349. The largest absolute Gasteiger partial charge is 0.382 e. The van der Waals surface area contributed by atoms with Gasteiger partial charge >= 0.3 is 0 Å². The summed E-state index contributed by atoms with van der Waals surface area (Å²) in [6.07, 6.45) is 0.997. The molecule has 0 aliphatic heterocycles. The van der Waals surface area contributed by atoms with Gasteiger partial charge in [-0.2, -0.15) is 0 Å². The lowest BCUT2D eigenvalue weighted by molar-refractivity contribution is 0.0597. The summed E-state index contributed by atoms with van der Waals surface area (Å²) in [4.78, 5) is 0. The average Bonchev–Trinajstić information content (AvgIpc) is 2.37. The highest BCUT2D eigenvalue weighted by Gasteiger charge is 2.09. The zero-order valence-electron chi connectivity index (χ0n) is 12.0. The minimum atomic E-state index is 0.349. The van der Waals surface area contributed by atoms with Crippen LogP contribution in [0.1, 0.15) is 16.7 Å². The Labute approximate surface area is 110 Å². The quantitative estimate of drug-likeness (QED) is 0.718. The molecule has 0 heterocycles. The Balaban J connectivity index is 2.48. The number of benzene rings is 1. The average molecular weight is 251 g/mol. The van der Waals surface area contributed by atoms with E-state index in [1.165, 1.54) is 16.7 Å².